The van der Waals surface area contributed by atoms with Crippen LogP contribution in [0.3, 0.4) is 0 Å². The van der Waals surface area contributed by atoms with Crippen molar-refractivity contribution in [3.63, 3.8) is 0 Å². The minimum Gasteiger partial charge on any atom is -0.383 e. The molecule has 0 radical (unpaired) electrons. The highest BCUT2D eigenvalue weighted by molar-refractivity contribution is 4.51. The molecule has 0 aromatic heterocycles. The van der Waals surface area contributed by atoms with Gasteiger partial charge >= 0.3 is 0 Å². The Kier molecular flexibility index (Phi) is 13.7. The maximum Gasteiger partial charge on any atom is 0.0590 e. The van der Waals surface area contributed by atoms with Gasteiger partial charge in [-0.2, -0.15) is 0 Å². The largest absolute Gasteiger partial charge is 0.383 e. The SMILES string of the molecule is CCCCOCCNCCNCCOC. The summed E-state index contributed by atoms with van der Waals surface area (Å²) in [6.07, 6.45) is 2.37. The lowest BCUT2D eigenvalue weighted by molar-refractivity contribution is 0.133. The molecular formula is C11H26N2O2. The number of hydrogen-bond donors (Lipinski definition) is 2. The van der Waals surface area contributed by atoms with E-state index in [1.54, 1.807) is 7.11 Å². The Balaban J connectivity index is 2.81. The quantitative estimate of drug-likeness (QED) is 0.472. The van der Waals surface area contributed by atoms with Crippen LogP contribution in [0.4, 0.5) is 0 Å². The molecule has 0 aliphatic rings. The fraction of sp³-hybridized carbons (Fsp3) is 1.00. The molecule has 0 aromatic rings. The molecule has 0 amide bonds. The summed E-state index contributed by atoms with van der Waals surface area (Å²) in [5.74, 6) is 0. The van der Waals surface area contributed by atoms with Crippen LogP contribution in [0, 0.1) is 0 Å². The van der Waals surface area contributed by atoms with E-state index in [4.69, 9.17) is 9.47 Å². The molecule has 0 saturated heterocycles. The number of methoxy groups -OCH3 is 1. The molecular weight excluding hydrogens is 192 g/mol. The molecule has 0 fully saturated rings. The van der Waals surface area contributed by atoms with Crippen molar-refractivity contribution in [1.29, 1.82) is 0 Å². The highest BCUT2D eigenvalue weighted by atomic mass is 16.5. The van der Waals surface area contributed by atoms with Crippen LogP contribution in [-0.2, 0) is 9.47 Å². The van der Waals surface area contributed by atoms with Crippen LogP contribution in [0.15, 0.2) is 0 Å². The van der Waals surface area contributed by atoms with Crippen LogP contribution in [0.1, 0.15) is 19.8 Å². The monoisotopic (exact) mass is 218 g/mol. The molecule has 0 bridgehead atoms. The van der Waals surface area contributed by atoms with E-state index in [1.165, 1.54) is 12.8 Å². The Morgan fingerprint density at radius 2 is 1.53 bits per heavy atom. The van der Waals surface area contributed by atoms with E-state index >= 15 is 0 Å². The van der Waals surface area contributed by atoms with Gasteiger partial charge in [0.15, 0.2) is 0 Å². The van der Waals surface area contributed by atoms with E-state index < -0.39 is 0 Å². The summed E-state index contributed by atoms with van der Waals surface area (Å²) < 4.78 is 10.3. The molecule has 4 nitrogen and oxygen atoms in total. The van der Waals surface area contributed by atoms with Gasteiger partial charge in [0.1, 0.15) is 0 Å². The van der Waals surface area contributed by atoms with Gasteiger partial charge in [-0.3, -0.25) is 0 Å². The second-order valence-electron chi connectivity index (χ2n) is 3.46. The molecule has 2 N–H and O–H groups in total. The van der Waals surface area contributed by atoms with Crippen LogP contribution in [-0.4, -0.2) is 53.1 Å². The minimum absolute atomic E-state index is 0.778. The van der Waals surface area contributed by atoms with E-state index in [2.05, 4.69) is 17.6 Å². The van der Waals surface area contributed by atoms with Gasteiger partial charge in [-0.25, -0.2) is 0 Å². The number of ether oxygens (including phenoxy) is 2. The van der Waals surface area contributed by atoms with Crippen molar-refractivity contribution < 1.29 is 9.47 Å². The first-order chi connectivity index (χ1) is 7.41. The van der Waals surface area contributed by atoms with Gasteiger partial charge in [-0.05, 0) is 6.42 Å². The van der Waals surface area contributed by atoms with Crippen LogP contribution < -0.4 is 10.6 Å². The Morgan fingerprint density at radius 1 is 0.867 bits per heavy atom. The van der Waals surface area contributed by atoms with Gasteiger partial charge in [-0.1, -0.05) is 13.3 Å². The summed E-state index contributed by atoms with van der Waals surface area (Å²) in [4.78, 5) is 0. The molecule has 0 aliphatic carbocycles. The zero-order valence-corrected chi connectivity index (χ0v) is 10.2. The molecule has 0 spiro atoms. The summed E-state index contributed by atoms with van der Waals surface area (Å²) in [6.45, 7) is 8.50. The highest BCUT2D eigenvalue weighted by Gasteiger charge is 1.89. The van der Waals surface area contributed by atoms with E-state index in [9.17, 15) is 0 Å². The van der Waals surface area contributed by atoms with Crippen LogP contribution in [0.2, 0.25) is 0 Å². The van der Waals surface area contributed by atoms with Gasteiger partial charge in [0.2, 0.25) is 0 Å². The van der Waals surface area contributed by atoms with Crippen LogP contribution >= 0.6 is 0 Å². The van der Waals surface area contributed by atoms with Gasteiger partial charge in [-0.15, -0.1) is 0 Å². The fourth-order valence-corrected chi connectivity index (χ4v) is 1.09. The van der Waals surface area contributed by atoms with Crippen molar-refractivity contribution in [3.8, 4) is 0 Å². The van der Waals surface area contributed by atoms with Crippen molar-refractivity contribution in [2.75, 3.05) is 53.1 Å². The van der Waals surface area contributed by atoms with Crippen LogP contribution in [0.5, 0.6) is 0 Å². The van der Waals surface area contributed by atoms with Crippen molar-refractivity contribution in [2.45, 2.75) is 19.8 Å². The van der Waals surface area contributed by atoms with Gasteiger partial charge < -0.3 is 20.1 Å². The summed E-state index contributed by atoms with van der Waals surface area (Å²) in [6, 6.07) is 0. The molecule has 0 unspecified atom stereocenters. The first-order valence-corrected chi connectivity index (χ1v) is 5.90. The Labute approximate surface area is 93.7 Å². The fourth-order valence-electron chi connectivity index (χ4n) is 1.09. The third-order valence-electron chi connectivity index (χ3n) is 2.03. The smallest absolute Gasteiger partial charge is 0.0590 e. The zero-order valence-electron chi connectivity index (χ0n) is 10.2. The second-order valence-corrected chi connectivity index (χ2v) is 3.46. The van der Waals surface area contributed by atoms with Crippen molar-refractivity contribution in [3.05, 3.63) is 0 Å². The van der Waals surface area contributed by atoms with Gasteiger partial charge in [0.05, 0.1) is 13.2 Å². The number of unbranched alkanes of at least 4 members (excludes halogenated alkanes) is 1. The number of nitrogens with one attached hydrogen (secondary N) is 2. The summed E-state index contributed by atoms with van der Waals surface area (Å²) in [5.41, 5.74) is 0. The maximum atomic E-state index is 5.42. The van der Waals surface area contributed by atoms with E-state index in [0.29, 0.717) is 0 Å². The third-order valence-corrected chi connectivity index (χ3v) is 2.03. The first-order valence-electron chi connectivity index (χ1n) is 5.90. The Bertz CT molecular complexity index is 101. The predicted molar refractivity (Wildman–Crippen MR) is 63.3 cm³/mol. The summed E-state index contributed by atoms with van der Waals surface area (Å²) in [5, 5.41) is 6.58. The maximum absolute atomic E-state index is 5.42. The Hall–Kier alpha value is -0.160. The minimum atomic E-state index is 0.778. The summed E-state index contributed by atoms with van der Waals surface area (Å²) >= 11 is 0. The topological polar surface area (TPSA) is 42.5 Å². The molecule has 0 atom stereocenters. The molecule has 92 valence electrons. The zero-order chi connectivity index (χ0) is 11.2. The average molecular weight is 218 g/mol. The van der Waals surface area contributed by atoms with Crippen molar-refractivity contribution in [2.24, 2.45) is 0 Å². The number of hydrogen-bond acceptors (Lipinski definition) is 4. The van der Waals surface area contributed by atoms with Crippen molar-refractivity contribution >= 4 is 0 Å². The Morgan fingerprint density at radius 3 is 2.13 bits per heavy atom. The lowest BCUT2D eigenvalue weighted by atomic mass is 10.4. The molecule has 4 heteroatoms. The molecule has 0 rings (SSSR count). The predicted octanol–water partition coefficient (Wildman–Crippen LogP) is 0.629. The molecule has 0 heterocycles. The highest BCUT2D eigenvalue weighted by Crippen LogP contribution is 1.86. The second kappa shape index (κ2) is 13.8. The molecule has 0 aromatic carbocycles. The van der Waals surface area contributed by atoms with Crippen LogP contribution in [0.25, 0.3) is 0 Å². The number of rotatable bonds is 12. The molecule has 0 saturated carbocycles. The third kappa shape index (κ3) is 13.8. The molecule has 15 heavy (non-hydrogen) atoms. The van der Waals surface area contributed by atoms with Gasteiger partial charge in [0, 0.05) is 39.9 Å². The average Bonchev–Trinajstić information content (AvgIpc) is 2.26. The first kappa shape index (κ1) is 14.8. The molecule has 0 aliphatic heterocycles. The van der Waals surface area contributed by atoms with Gasteiger partial charge in [0.25, 0.3) is 0 Å². The van der Waals surface area contributed by atoms with E-state index in [0.717, 1.165) is 46.0 Å². The van der Waals surface area contributed by atoms with Crippen molar-refractivity contribution in [1.82, 2.24) is 10.6 Å². The standard InChI is InChI=1S/C11H26N2O2/c1-3-4-9-15-11-8-13-6-5-12-7-10-14-2/h12-13H,3-11H2,1-2H3. The summed E-state index contributed by atoms with van der Waals surface area (Å²) in [7, 11) is 1.72. The van der Waals surface area contributed by atoms with E-state index in [1.807, 2.05) is 0 Å². The lowest BCUT2D eigenvalue weighted by Crippen LogP contribution is -2.31. The van der Waals surface area contributed by atoms with E-state index in [-0.39, 0.29) is 0 Å². The normalized spacial score (nSPS) is 10.8. The lowest BCUT2D eigenvalue weighted by Gasteiger charge is -2.06.